The first kappa shape index (κ1) is 17.9. The first-order valence-electron chi connectivity index (χ1n) is 7.08. The Morgan fingerprint density at radius 3 is 2.62 bits per heavy atom. The van der Waals surface area contributed by atoms with E-state index in [0.29, 0.717) is 5.69 Å². The Morgan fingerprint density at radius 1 is 1.21 bits per heavy atom. The molecule has 0 heterocycles. The van der Waals surface area contributed by atoms with Gasteiger partial charge in [-0.2, -0.15) is 0 Å². The second-order valence-corrected chi connectivity index (χ2v) is 5.95. The Bertz CT molecular complexity index is 780. The maximum absolute atomic E-state index is 13.3. The lowest BCUT2D eigenvalue weighted by atomic mass is 10.2. The smallest absolute Gasteiger partial charge is 0.255 e. The zero-order chi connectivity index (χ0) is 17.7. The molecule has 0 bridgehead atoms. The van der Waals surface area contributed by atoms with Crippen LogP contribution < -0.4 is 15.4 Å². The number of nitrogens with one attached hydrogen (secondary N) is 2. The van der Waals surface area contributed by atoms with Crippen molar-refractivity contribution < 1.29 is 18.7 Å². The van der Waals surface area contributed by atoms with Gasteiger partial charge in [0.2, 0.25) is 5.91 Å². The molecule has 0 aliphatic heterocycles. The number of hydrogen-bond acceptors (Lipinski definition) is 3. The Labute approximate surface area is 147 Å². The predicted octanol–water partition coefficient (Wildman–Crippen LogP) is 3.27. The molecular weight excluding hydrogens is 379 g/mol. The first-order valence-corrected chi connectivity index (χ1v) is 7.87. The molecule has 2 aromatic carbocycles. The topological polar surface area (TPSA) is 67.4 Å². The summed E-state index contributed by atoms with van der Waals surface area (Å²) in [7, 11) is 1.38. The van der Waals surface area contributed by atoms with Gasteiger partial charge in [-0.15, -0.1) is 0 Å². The monoisotopic (exact) mass is 394 g/mol. The van der Waals surface area contributed by atoms with Gasteiger partial charge in [0.15, 0.2) is 0 Å². The average Bonchev–Trinajstić information content (AvgIpc) is 2.55. The highest BCUT2D eigenvalue weighted by Crippen LogP contribution is 2.20. The van der Waals surface area contributed by atoms with Crippen molar-refractivity contribution in [2.24, 2.45) is 0 Å². The fraction of sp³-hybridized carbons (Fsp3) is 0.176. The van der Waals surface area contributed by atoms with Crippen molar-refractivity contribution in [3.63, 3.8) is 0 Å². The Hall–Kier alpha value is -2.41. The molecule has 7 heteroatoms. The highest BCUT2D eigenvalue weighted by Gasteiger charge is 2.14. The van der Waals surface area contributed by atoms with Crippen molar-refractivity contribution >= 4 is 33.4 Å². The minimum atomic E-state index is -0.589. The normalized spacial score (nSPS) is 10.2. The molecule has 0 saturated heterocycles. The molecule has 126 valence electrons. The number of anilines is 1. The highest BCUT2D eigenvalue weighted by atomic mass is 79.9. The van der Waals surface area contributed by atoms with Crippen molar-refractivity contribution in [1.29, 1.82) is 0 Å². The van der Waals surface area contributed by atoms with E-state index in [-0.39, 0.29) is 23.8 Å². The van der Waals surface area contributed by atoms with E-state index in [1.165, 1.54) is 19.2 Å². The number of halogens is 2. The van der Waals surface area contributed by atoms with Crippen molar-refractivity contribution in [2.75, 3.05) is 19.0 Å². The van der Waals surface area contributed by atoms with E-state index in [4.69, 9.17) is 4.74 Å². The zero-order valence-corrected chi connectivity index (χ0v) is 14.7. The summed E-state index contributed by atoms with van der Waals surface area (Å²) >= 11 is 3.35. The summed E-state index contributed by atoms with van der Waals surface area (Å²) < 4.78 is 19.2. The third-order valence-electron chi connectivity index (χ3n) is 3.28. The second kappa shape index (κ2) is 7.92. The predicted molar refractivity (Wildman–Crippen MR) is 92.8 cm³/mol. The minimum absolute atomic E-state index is 0.0325. The van der Waals surface area contributed by atoms with Crippen molar-refractivity contribution in [1.82, 2.24) is 5.32 Å². The van der Waals surface area contributed by atoms with E-state index in [1.54, 1.807) is 12.1 Å². The van der Waals surface area contributed by atoms with Gasteiger partial charge in [0.1, 0.15) is 11.6 Å². The molecule has 0 aliphatic rings. The largest absolute Gasteiger partial charge is 0.496 e. The van der Waals surface area contributed by atoms with Crippen LogP contribution in [0.25, 0.3) is 0 Å². The Morgan fingerprint density at radius 2 is 1.96 bits per heavy atom. The quantitative estimate of drug-likeness (QED) is 0.817. The van der Waals surface area contributed by atoms with Crippen LogP contribution in [-0.4, -0.2) is 25.5 Å². The molecule has 0 aliphatic carbocycles. The molecule has 0 fully saturated rings. The Balaban J connectivity index is 1.99. The number of benzene rings is 2. The molecule has 0 spiro atoms. The van der Waals surface area contributed by atoms with Crippen LogP contribution in [0, 0.1) is 12.7 Å². The van der Waals surface area contributed by atoms with Crippen LogP contribution >= 0.6 is 15.9 Å². The van der Waals surface area contributed by atoms with E-state index in [1.807, 2.05) is 13.0 Å². The summed E-state index contributed by atoms with van der Waals surface area (Å²) in [5.74, 6) is -1.30. The Kier molecular flexibility index (Phi) is 5.92. The first-order chi connectivity index (χ1) is 11.4. The van der Waals surface area contributed by atoms with Gasteiger partial charge in [-0.25, -0.2) is 4.39 Å². The van der Waals surface area contributed by atoms with E-state index < -0.39 is 11.7 Å². The SMILES string of the molecule is COc1ccc(F)cc1C(=O)NCC(=O)Nc1ccc(Br)cc1C. The van der Waals surface area contributed by atoms with Crippen LogP contribution in [0.2, 0.25) is 0 Å². The van der Waals surface area contributed by atoms with Crippen LogP contribution in [-0.2, 0) is 4.79 Å². The summed E-state index contributed by atoms with van der Waals surface area (Å²) in [6.07, 6.45) is 0. The van der Waals surface area contributed by atoms with Crippen LogP contribution in [0.4, 0.5) is 10.1 Å². The third kappa shape index (κ3) is 4.55. The lowest BCUT2D eigenvalue weighted by Gasteiger charge is -2.11. The average molecular weight is 395 g/mol. The molecule has 5 nitrogen and oxygen atoms in total. The van der Waals surface area contributed by atoms with Gasteiger partial charge in [-0.05, 0) is 48.9 Å². The molecule has 24 heavy (non-hydrogen) atoms. The van der Waals surface area contributed by atoms with Crippen molar-refractivity contribution in [2.45, 2.75) is 6.92 Å². The number of aryl methyl sites for hydroxylation is 1. The van der Waals surface area contributed by atoms with Gasteiger partial charge < -0.3 is 15.4 Å². The number of carbonyl (C=O) groups is 2. The van der Waals surface area contributed by atoms with Gasteiger partial charge in [-0.3, -0.25) is 9.59 Å². The molecule has 2 N–H and O–H groups in total. The van der Waals surface area contributed by atoms with Gasteiger partial charge in [-0.1, -0.05) is 15.9 Å². The van der Waals surface area contributed by atoms with Crippen LogP contribution in [0.1, 0.15) is 15.9 Å². The van der Waals surface area contributed by atoms with Crippen LogP contribution in [0.15, 0.2) is 40.9 Å². The number of hydrogen-bond donors (Lipinski definition) is 2. The van der Waals surface area contributed by atoms with E-state index in [0.717, 1.165) is 16.1 Å². The molecule has 0 unspecified atom stereocenters. The van der Waals surface area contributed by atoms with Gasteiger partial charge in [0, 0.05) is 10.2 Å². The lowest BCUT2D eigenvalue weighted by Crippen LogP contribution is -2.33. The molecule has 0 radical (unpaired) electrons. The molecule has 2 rings (SSSR count). The summed E-state index contributed by atoms with van der Waals surface area (Å²) in [5, 5.41) is 5.15. The maximum Gasteiger partial charge on any atom is 0.255 e. The molecular formula is C17H16BrFN2O3. The van der Waals surface area contributed by atoms with Crippen molar-refractivity contribution in [3.8, 4) is 5.75 Å². The maximum atomic E-state index is 13.3. The molecule has 0 saturated carbocycles. The van der Waals surface area contributed by atoms with Crippen LogP contribution in [0.5, 0.6) is 5.75 Å². The summed E-state index contributed by atoms with van der Waals surface area (Å²) in [6, 6.07) is 9.04. The zero-order valence-electron chi connectivity index (χ0n) is 13.2. The molecule has 2 amide bonds. The van der Waals surface area contributed by atoms with E-state index >= 15 is 0 Å². The number of rotatable bonds is 5. The third-order valence-corrected chi connectivity index (χ3v) is 3.77. The minimum Gasteiger partial charge on any atom is -0.496 e. The standard InChI is InChI=1S/C17H16BrFN2O3/c1-10-7-11(18)3-5-14(10)21-16(22)9-20-17(23)13-8-12(19)4-6-15(13)24-2/h3-8H,9H2,1-2H3,(H,20,23)(H,21,22). The fourth-order valence-corrected chi connectivity index (χ4v) is 2.55. The number of methoxy groups -OCH3 is 1. The molecule has 2 aromatic rings. The number of carbonyl (C=O) groups excluding carboxylic acids is 2. The number of ether oxygens (including phenoxy) is 1. The van der Waals surface area contributed by atoms with Crippen LogP contribution in [0.3, 0.4) is 0 Å². The van der Waals surface area contributed by atoms with Gasteiger partial charge in [0.25, 0.3) is 5.91 Å². The van der Waals surface area contributed by atoms with Gasteiger partial charge in [0.05, 0.1) is 19.2 Å². The van der Waals surface area contributed by atoms with E-state index in [9.17, 15) is 14.0 Å². The second-order valence-electron chi connectivity index (χ2n) is 5.03. The molecule has 0 atom stereocenters. The lowest BCUT2D eigenvalue weighted by molar-refractivity contribution is -0.115. The van der Waals surface area contributed by atoms with Crippen molar-refractivity contribution in [3.05, 3.63) is 57.8 Å². The fourth-order valence-electron chi connectivity index (χ4n) is 2.08. The van der Waals surface area contributed by atoms with E-state index in [2.05, 4.69) is 26.6 Å². The summed E-state index contributed by atoms with van der Waals surface area (Å²) in [4.78, 5) is 24.1. The molecule has 0 aromatic heterocycles. The summed E-state index contributed by atoms with van der Waals surface area (Å²) in [5.41, 5.74) is 1.57. The number of amides is 2. The van der Waals surface area contributed by atoms with Gasteiger partial charge >= 0.3 is 0 Å². The summed E-state index contributed by atoms with van der Waals surface area (Å²) in [6.45, 7) is 1.62. The highest BCUT2D eigenvalue weighted by molar-refractivity contribution is 9.10.